The number of hydrogen-bond acceptors (Lipinski definition) is 8. The van der Waals surface area contributed by atoms with E-state index in [9.17, 15) is 13.2 Å². The van der Waals surface area contributed by atoms with Crippen molar-refractivity contribution in [2.45, 2.75) is 20.0 Å². The number of aryl methyl sites for hydroxylation is 2. The summed E-state index contributed by atoms with van der Waals surface area (Å²) in [5.41, 5.74) is 2.54. The maximum atomic E-state index is 13.6. The lowest BCUT2D eigenvalue weighted by molar-refractivity contribution is -0.137. The predicted octanol–water partition coefficient (Wildman–Crippen LogP) is 4.20. The van der Waals surface area contributed by atoms with Gasteiger partial charge >= 0.3 is 6.18 Å². The van der Waals surface area contributed by atoms with E-state index in [0.717, 1.165) is 49.9 Å². The van der Waals surface area contributed by atoms with Crippen LogP contribution in [0.25, 0.3) is 11.4 Å². The van der Waals surface area contributed by atoms with Crippen molar-refractivity contribution in [3.05, 3.63) is 65.9 Å². The molecule has 39 heavy (non-hydrogen) atoms. The van der Waals surface area contributed by atoms with E-state index < -0.39 is 11.7 Å². The van der Waals surface area contributed by atoms with Gasteiger partial charge in [-0.05, 0) is 43.2 Å². The van der Waals surface area contributed by atoms with Gasteiger partial charge in [-0.2, -0.15) is 28.1 Å². The van der Waals surface area contributed by atoms with Crippen LogP contribution >= 0.6 is 0 Å². The van der Waals surface area contributed by atoms with Gasteiger partial charge < -0.3 is 14.7 Å². The van der Waals surface area contributed by atoms with E-state index >= 15 is 0 Å². The van der Waals surface area contributed by atoms with Crippen molar-refractivity contribution in [3.63, 3.8) is 0 Å². The molecule has 0 amide bonds. The van der Waals surface area contributed by atoms with Crippen LogP contribution in [0.1, 0.15) is 16.7 Å². The molecule has 0 aliphatic carbocycles. The largest absolute Gasteiger partial charge is 0.419 e. The molecule has 2 aromatic heterocycles. The fraction of sp³-hybridized carbons (Fsp3) is 0.429. The molecule has 2 aliphatic heterocycles. The molecule has 11 heteroatoms. The molecule has 1 aromatic carbocycles. The maximum Gasteiger partial charge on any atom is 0.419 e. The summed E-state index contributed by atoms with van der Waals surface area (Å²) in [5.74, 6) is 1.73. The molecular weight excluding hydrogens is 505 g/mol. The Balaban J connectivity index is 1.41. The molecule has 5 rings (SSSR count). The van der Waals surface area contributed by atoms with E-state index in [-0.39, 0.29) is 5.82 Å². The zero-order chi connectivity index (χ0) is 27.6. The minimum atomic E-state index is -4.46. The summed E-state index contributed by atoms with van der Waals surface area (Å²) in [5, 5.41) is 0. The van der Waals surface area contributed by atoms with Gasteiger partial charge in [-0.1, -0.05) is 18.2 Å². The van der Waals surface area contributed by atoms with Gasteiger partial charge in [-0.15, -0.1) is 6.58 Å². The summed E-state index contributed by atoms with van der Waals surface area (Å²) >= 11 is 0. The van der Waals surface area contributed by atoms with E-state index in [4.69, 9.17) is 15.0 Å². The van der Waals surface area contributed by atoms with Crippen LogP contribution in [0.3, 0.4) is 0 Å². The van der Waals surface area contributed by atoms with Gasteiger partial charge in [0.1, 0.15) is 5.82 Å². The fourth-order valence-electron chi connectivity index (χ4n) is 4.95. The highest BCUT2D eigenvalue weighted by atomic mass is 19.4. The lowest BCUT2D eigenvalue weighted by Crippen LogP contribution is -2.49. The van der Waals surface area contributed by atoms with E-state index in [1.54, 1.807) is 4.90 Å². The number of alkyl halides is 3. The van der Waals surface area contributed by atoms with Crippen molar-refractivity contribution in [2.24, 2.45) is 0 Å². The molecule has 0 saturated carbocycles. The van der Waals surface area contributed by atoms with Crippen molar-refractivity contribution in [2.75, 3.05) is 73.6 Å². The van der Waals surface area contributed by atoms with Gasteiger partial charge in [0.05, 0.1) is 5.56 Å². The predicted molar refractivity (Wildman–Crippen MR) is 147 cm³/mol. The molecule has 4 heterocycles. The first-order chi connectivity index (χ1) is 18.7. The summed E-state index contributed by atoms with van der Waals surface area (Å²) in [6, 6.07) is 8.56. The monoisotopic (exact) mass is 538 g/mol. The third kappa shape index (κ3) is 5.98. The van der Waals surface area contributed by atoms with Gasteiger partial charge in [0.15, 0.2) is 5.82 Å². The summed E-state index contributed by atoms with van der Waals surface area (Å²) < 4.78 is 40.7. The molecule has 0 spiro atoms. The van der Waals surface area contributed by atoms with Crippen molar-refractivity contribution >= 4 is 17.7 Å². The Kier molecular flexibility index (Phi) is 7.69. The number of halogens is 3. The average Bonchev–Trinajstić information content (AvgIpc) is 2.94. The first-order valence-corrected chi connectivity index (χ1v) is 13.2. The van der Waals surface area contributed by atoms with Crippen molar-refractivity contribution in [1.82, 2.24) is 24.8 Å². The molecule has 0 N–H and O–H groups in total. The Morgan fingerprint density at radius 1 is 0.821 bits per heavy atom. The van der Waals surface area contributed by atoms with E-state index in [2.05, 4.69) is 47.3 Å². The molecule has 2 aliphatic rings. The van der Waals surface area contributed by atoms with Crippen LogP contribution in [0.4, 0.5) is 30.9 Å². The minimum absolute atomic E-state index is 0.0331. The highest BCUT2D eigenvalue weighted by Crippen LogP contribution is 2.35. The van der Waals surface area contributed by atoms with E-state index in [1.807, 2.05) is 17.0 Å². The lowest BCUT2D eigenvalue weighted by atomic mass is 10.1. The van der Waals surface area contributed by atoms with Crippen molar-refractivity contribution in [3.8, 4) is 11.4 Å². The molecule has 206 valence electrons. The Labute approximate surface area is 226 Å². The van der Waals surface area contributed by atoms with Gasteiger partial charge in [-0.25, -0.2) is 4.98 Å². The maximum absolute atomic E-state index is 13.6. The smallest absolute Gasteiger partial charge is 0.353 e. The Morgan fingerprint density at radius 3 is 2.03 bits per heavy atom. The molecule has 2 saturated heterocycles. The molecule has 0 atom stereocenters. The van der Waals surface area contributed by atoms with Crippen molar-refractivity contribution < 1.29 is 13.2 Å². The lowest BCUT2D eigenvalue weighted by Gasteiger charge is -2.37. The highest BCUT2D eigenvalue weighted by Gasteiger charge is 2.36. The summed E-state index contributed by atoms with van der Waals surface area (Å²) in [4.78, 5) is 26.8. The third-order valence-electron chi connectivity index (χ3n) is 7.37. The molecule has 0 unspecified atom stereocenters. The Bertz CT molecular complexity index is 1310. The standard InChI is InChI=1S/C28H33F3N8/c1-4-10-36-11-13-38(14-12-36)26-33-24(22-8-7-20(2)21(3)19-22)34-27(35-26)39-17-15-37(16-18-39)25-23(28(29,30)31)6-5-9-32-25/h4-9,19H,1,10-18H2,2-3H3. The van der Waals surface area contributed by atoms with Crippen LogP contribution < -0.4 is 14.7 Å². The van der Waals surface area contributed by atoms with E-state index in [0.29, 0.717) is 43.9 Å². The van der Waals surface area contributed by atoms with Gasteiger partial charge in [0, 0.05) is 70.7 Å². The van der Waals surface area contributed by atoms with Crippen LogP contribution in [-0.2, 0) is 6.18 Å². The molecule has 2 fully saturated rings. The molecule has 8 nitrogen and oxygen atoms in total. The van der Waals surface area contributed by atoms with Crippen LogP contribution in [0.15, 0.2) is 49.2 Å². The third-order valence-corrected chi connectivity index (χ3v) is 7.37. The number of hydrogen-bond donors (Lipinski definition) is 0. The van der Waals surface area contributed by atoms with Crippen LogP contribution in [0, 0.1) is 13.8 Å². The summed E-state index contributed by atoms with van der Waals surface area (Å²) in [6.45, 7) is 13.9. The number of rotatable bonds is 6. The van der Waals surface area contributed by atoms with Gasteiger partial charge in [0.25, 0.3) is 0 Å². The molecule has 0 radical (unpaired) electrons. The average molecular weight is 539 g/mol. The van der Waals surface area contributed by atoms with Crippen molar-refractivity contribution in [1.29, 1.82) is 0 Å². The zero-order valence-electron chi connectivity index (χ0n) is 22.3. The highest BCUT2D eigenvalue weighted by molar-refractivity contribution is 5.61. The number of aromatic nitrogens is 4. The first kappa shape index (κ1) is 26.9. The second-order valence-corrected chi connectivity index (χ2v) is 9.98. The Hall–Kier alpha value is -3.73. The number of pyridine rings is 1. The van der Waals surface area contributed by atoms with Gasteiger partial charge in [0.2, 0.25) is 11.9 Å². The second-order valence-electron chi connectivity index (χ2n) is 9.98. The van der Waals surface area contributed by atoms with Gasteiger partial charge in [-0.3, -0.25) is 4.90 Å². The van der Waals surface area contributed by atoms with Crippen LogP contribution in [-0.4, -0.2) is 83.7 Å². The topological polar surface area (TPSA) is 64.5 Å². The summed E-state index contributed by atoms with van der Waals surface area (Å²) in [6.07, 6.45) is -1.14. The zero-order valence-corrected chi connectivity index (χ0v) is 22.3. The normalized spacial score (nSPS) is 17.0. The fourth-order valence-corrected chi connectivity index (χ4v) is 4.95. The van der Waals surface area contributed by atoms with E-state index in [1.165, 1.54) is 17.8 Å². The number of benzene rings is 1. The molecular formula is C28H33F3N8. The molecule has 3 aromatic rings. The second kappa shape index (κ2) is 11.2. The SMILES string of the molecule is C=CCN1CCN(c2nc(-c3ccc(C)c(C)c3)nc(N3CCN(c4ncccc4C(F)(F)F)CC3)n2)CC1. The first-order valence-electron chi connectivity index (χ1n) is 13.2. The number of nitrogens with zero attached hydrogens (tertiary/aromatic N) is 8. The van der Waals surface area contributed by atoms with Crippen LogP contribution in [0.5, 0.6) is 0 Å². The number of anilines is 3. The minimum Gasteiger partial charge on any atom is -0.353 e. The summed E-state index contributed by atoms with van der Waals surface area (Å²) in [7, 11) is 0. The van der Waals surface area contributed by atoms with Crippen LogP contribution in [0.2, 0.25) is 0 Å². The molecule has 0 bridgehead atoms. The number of piperazine rings is 2. The quantitative estimate of drug-likeness (QED) is 0.433. The Morgan fingerprint density at radius 2 is 1.44 bits per heavy atom.